The first-order valence-electron chi connectivity index (χ1n) is 23.0. The summed E-state index contributed by atoms with van der Waals surface area (Å²) in [6.45, 7) is 9.92. The summed E-state index contributed by atoms with van der Waals surface area (Å²) in [6, 6.07) is 19.5. The summed E-state index contributed by atoms with van der Waals surface area (Å²) < 4.78 is 73.5. The minimum atomic E-state index is -4.74. The summed E-state index contributed by atoms with van der Waals surface area (Å²) in [5.74, 6) is -4.47. The van der Waals surface area contributed by atoms with Gasteiger partial charge >= 0.3 is 5.92 Å². The van der Waals surface area contributed by atoms with Crippen molar-refractivity contribution in [3.63, 3.8) is 0 Å². The second-order valence-electron chi connectivity index (χ2n) is 19.0. The van der Waals surface area contributed by atoms with Gasteiger partial charge in [0.1, 0.15) is 17.0 Å². The lowest BCUT2D eigenvalue weighted by Crippen LogP contribution is -2.47. The number of H-pyrrole nitrogens is 1. The Balaban J connectivity index is 1.02. The Hall–Kier alpha value is -5.82. The Bertz CT molecular complexity index is 2860. The SMILES string of the molecule is C[C@H]1Oc2nc3[nH]ccc3cc2N(c2cc(N3CCN(CC4=C(c5ccc(Cl)cc5)CC(C)(C)CC4)CC3)ccc2C(=O)NS(=O)(=O)c2ccc(NCC3CCOCC3)c([N+](=O)[O-])c2)CC1(F)F. The molecule has 68 heavy (non-hydrogen) atoms. The van der Waals surface area contributed by atoms with Crippen LogP contribution >= 0.6 is 11.6 Å². The van der Waals surface area contributed by atoms with Gasteiger partial charge in [0, 0.05) is 80.8 Å². The van der Waals surface area contributed by atoms with Crippen molar-refractivity contribution in [3.8, 4) is 5.88 Å². The minimum absolute atomic E-state index is 0.00540. The van der Waals surface area contributed by atoms with Gasteiger partial charge < -0.3 is 29.6 Å². The number of piperazine rings is 1. The molecule has 3 aromatic carbocycles. The fourth-order valence-corrected chi connectivity index (χ4v) is 10.7. The maximum absolute atomic E-state index is 16.2. The third-order valence-electron chi connectivity index (χ3n) is 13.7. The van der Waals surface area contributed by atoms with Gasteiger partial charge in [0.25, 0.3) is 21.6 Å². The maximum Gasteiger partial charge on any atom is 0.301 e. The molecule has 0 radical (unpaired) electrons. The molecule has 5 heterocycles. The molecule has 0 unspecified atom stereocenters. The number of rotatable bonds is 12. The summed E-state index contributed by atoms with van der Waals surface area (Å²) in [4.78, 5) is 38.8. The van der Waals surface area contributed by atoms with Crippen LogP contribution in [-0.2, 0) is 14.8 Å². The zero-order chi connectivity index (χ0) is 48.0. The van der Waals surface area contributed by atoms with Crippen molar-refractivity contribution in [2.24, 2.45) is 11.3 Å². The van der Waals surface area contributed by atoms with Crippen molar-refractivity contribution < 1.29 is 36.4 Å². The number of anilines is 4. The highest BCUT2D eigenvalue weighted by Crippen LogP contribution is 2.46. The largest absolute Gasteiger partial charge is 0.467 e. The summed E-state index contributed by atoms with van der Waals surface area (Å²) in [5.41, 5.74) is 4.72. The number of fused-ring (bicyclic) bond motifs is 2. The lowest BCUT2D eigenvalue weighted by molar-refractivity contribution is -0.384. The Morgan fingerprint density at radius 1 is 1.00 bits per heavy atom. The minimum Gasteiger partial charge on any atom is -0.467 e. The average Bonchev–Trinajstić information content (AvgIpc) is 3.75. The molecular formula is C49H55ClF2N8O7S. The number of hydrogen-bond acceptors (Lipinski definition) is 12. The topological polar surface area (TPSA) is 175 Å². The van der Waals surface area contributed by atoms with E-state index in [1.54, 1.807) is 30.5 Å². The predicted octanol–water partition coefficient (Wildman–Crippen LogP) is 9.42. The van der Waals surface area contributed by atoms with Crippen LogP contribution in [0.1, 0.15) is 68.8 Å². The number of nitro benzene ring substituents is 1. The molecule has 360 valence electrons. The van der Waals surface area contributed by atoms with Crippen molar-refractivity contribution in [1.29, 1.82) is 0 Å². The van der Waals surface area contributed by atoms with E-state index in [9.17, 15) is 23.3 Å². The molecule has 2 saturated heterocycles. The smallest absolute Gasteiger partial charge is 0.301 e. The number of carbonyl (C=O) groups excluding carboxylic acids is 1. The summed E-state index contributed by atoms with van der Waals surface area (Å²) in [5, 5.41) is 16.6. The van der Waals surface area contributed by atoms with E-state index >= 15 is 8.78 Å². The number of alkyl halides is 2. The molecule has 0 bridgehead atoms. The molecule has 9 rings (SSSR count). The average molecular weight is 974 g/mol. The monoisotopic (exact) mass is 972 g/mol. The lowest BCUT2D eigenvalue weighted by atomic mass is 9.72. The molecule has 1 amide bonds. The number of sulfonamides is 1. The number of halogens is 3. The van der Waals surface area contributed by atoms with Crippen molar-refractivity contribution in [2.75, 3.05) is 74.1 Å². The van der Waals surface area contributed by atoms with E-state index in [1.807, 2.05) is 12.1 Å². The van der Waals surface area contributed by atoms with E-state index in [-0.39, 0.29) is 39.8 Å². The first-order valence-corrected chi connectivity index (χ1v) is 24.8. The van der Waals surface area contributed by atoms with Crippen LogP contribution in [-0.4, -0.2) is 105 Å². The molecule has 2 aromatic heterocycles. The Kier molecular flexibility index (Phi) is 13.2. The lowest BCUT2D eigenvalue weighted by Gasteiger charge is -2.39. The van der Waals surface area contributed by atoms with Crippen LogP contribution in [0.2, 0.25) is 5.02 Å². The number of aromatic amines is 1. The number of benzene rings is 3. The molecule has 15 nitrogen and oxygen atoms in total. The van der Waals surface area contributed by atoms with Gasteiger partial charge in [-0.2, -0.15) is 4.98 Å². The van der Waals surface area contributed by atoms with E-state index < -0.39 is 50.0 Å². The van der Waals surface area contributed by atoms with E-state index in [0.29, 0.717) is 67.7 Å². The van der Waals surface area contributed by atoms with Crippen LogP contribution in [0, 0.1) is 21.4 Å². The summed E-state index contributed by atoms with van der Waals surface area (Å²) in [7, 11) is -4.74. The number of amides is 1. The molecule has 3 aliphatic heterocycles. The molecule has 1 atom stereocenters. The molecule has 2 fully saturated rings. The van der Waals surface area contributed by atoms with E-state index in [2.05, 4.69) is 55.8 Å². The van der Waals surface area contributed by atoms with Gasteiger partial charge in [-0.1, -0.05) is 43.2 Å². The van der Waals surface area contributed by atoms with Crippen LogP contribution < -0.4 is 24.6 Å². The third kappa shape index (κ3) is 10.1. The van der Waals surface area contributed by atoms with Crippen LogP contribution in [0.3, 0.4) is 0 Å². The molecular weight excluding hydrogens is 918 g/mol. The number of pyridine rings is 1. The molecule has 0 saturated carbocycles. The molecule has 19 heteroatoms. The molecule has 5 aromatic rings. The second kappa shape index (κ2) is 18.9. The molecule has 0 spiro atoms. The fourth-order valence-electron chi connectivity index (χ4n) is 9.58. The highest BCUT2D eigenvalue weighted by atomic mass is 35.5. The van der Waals surface area contributed by atoms with Gasteiger partial charge in [-0.15, -0.1) is 0 Å². The summed E-state index contributed by atoms with van der Waals surface area (Å²) >= 11 is 6.26. The number of nitrogens with one attached hydrogen (secondary N) is 3. The highest BCUT2D eigenvalue weighted by Gasteiger charge is 2.45. The van der Waals surface area contributed by atoms with Gasteiger partial charge in [-0.25, -0.2) is 21.9 Å². The first-order chi connectivity index (χ1) is 32.4. The normalized spacial score (nSPS) is 20.1. The van der Waals surface area contributed by atoms with Crippen molar-refractivity contribution >= 4 is 72.6 Å². The van der Waals surface area contributed by atoms with Crippen LogP contribution in [0.4, 0.5) is 37.2 Å². The van der Waals surface area contributed by atoms with Gasteiger partial charge in [0.15, 0.2) is 6.10 Å². The molecule has 1 aliphatic carbocycles. The van der Waals surface area contributed by atoms with Gasteiger partial charge in [-0.3, -0.25) is 19.8 Å². The maximum atomic E-state index is 16.2. The molecule has 4 aliphatic rings. The van der Waals surface area contributed by atoms with Gasteiger partial charge in [0.05, 0.1) is 27.6 Å². The number of carbonyl (C=O) groups is 1. The number of nitro groups is 1. The zero-order valence-corrected chi connectivity index (χ0v) is 39.8. The number of aromatic nitrogens is 2. The predicted molar refractivity (Wildman–Crippen MR) is 259 cm³/mol. The number of hydrogen-bond donors (Lipinski definition) is 3. The molecule has 3 N–H and O–H groups in total. The quantitative estimate of drug-likeness (QED) is 0.0799. The van der Waals surface area contributed by atoms with Crippen molar-refractivity contribution in [2.45, 2.75) is 69.8 Å². The van der Waals surface area contributed by atoms with Crippen molar-refractivity contribution in [3.05, 3.63) is 111 Å². The van der Waals surface area contributed by atoms with E-state index in [4.69, 9.17) is 21.1 Å². The van der Waals surface area contributed by atoms with Gasteiger partial charge in [-0.05, 0) is 116 Å². The second-order valence-corrected chi connectivity index (χ2v) is 21.2. The number of nitrogens with zero attached hydrogens (tertiary/aromatic N) is 5. The van der Waals surface area contributed by atoms with Crippen molar-refractivity contribution in [1.82, 2.24) is 19.6 Å². The Labute approximate surface area is 399 Å². The van der Waals surface area contributed by atoms with Gasteiger partial charge in [0.2, 0.25) is 5.88 Å². The first kappa shape index (κ1) is 47.3. The number of ether oxygens (including phenoxy) is 2. The van der Waals surface area contributed by atoms with Crippen LogP contribution in [0.25, 0.3) is 16.6 Å². The van der Waals surface area contributed by atoms with Crippen LogP contribution in [0.5, 0.6) is 5.88 Å². The number of allylic oxidation sites excluding steroid dienone is 1. The zero-order valence-electron chi connectivity index (χ0n) is 38.2. The third-order valence-corrected chi connectivity index (χ3v) is 15.3. The highest BCUT2D eigenvalue weighted by molar-refractivity contribution is 7.90. The Morgan fingerprint density at radius 3 is 2.49 bits per heavy atom. The van der Waals surface area contributed by atoms with E-state index in [1.165, 1.54) is 46.7 Å². The summed E-state index contributed by atoms with van der Waals surface area (Å²) in [6.07, 6.45) is 4.63. The van der Waals surface area contributed by atoms with E-state index in [0.717, 1.165) is 44.7 Å². The Morgan fingerprint density at radius 2 is 1.75 bits per heavy atom. The standard InChI is InChI=1S/C49H55ClF2N8O7S/c1-31-49(51,52)30-59(44-24-34-13-17-53-45(34)55-47(44)67-31)42-25-37(58-20-18-57(19-21-58)29-35-12-16-48(2,3)27-40(35)33-4-6-36(50)7-5-33)8-10-39(42)46(61)56-68(64,65)38-9-11-41(43(26-38)60(62)63)54-28-32-14-22-66-23-15-32/h4-11,13,17,24-26,31-32,54H,12,14-16,18-23,27-30H2,1-3H3,(H,53,55)(H,56,61)/t31-/m1/s1. The van der Waals surface area contributed by atoms with Crippen LogP contribution in [0.15, 0.2) is 89.5 Å². The fraction of sp³-hybridized carbons (Fsp3) is 0.429.